The molecule has 0 N–H and O–H groups in total. The number of carbonyl (C=O) groups is 1. The second-order valence-electron chi connectivity index (χ2n) is 10.7. The number of ether oxygens (including phenoxy) is 1. The molecule has 2 aromatic carbocycles. The van der Waals surface area contributed by atoms with Crippen molar-refractivity contribution in [1.82, 2.24) is 19.0 Å². The summed E-state index contributed by atoms with van der Waals surface area (Å²) in [6.45, 7) is 1.17. The van der Waals surface area contributed by atoms with Gasteiger partial charge in [0.25, 0.3) is 0 Å². The number of halogens is 1. The Bertz CT molecular complexity index is 1600. The quantitative estimate of drug-likeness (QED) is 0.398. The first-order chi connectivity index (χ1) is 20.1. The van der Waals surface area contributed by atoms with Gasteiger partial charge < -0.3 is 14.5 Å². The fraction of sp³-hybridized carbons (Fsp3) is 0.414. The Hall–Kier alpha value is -3.61. The van der Waals surface area contributed by atoms with Crippen molar-refractivity contribution in [2.75, 3.05) is 57.1 Å². The number of piperazine rings is 1. The third-order valence-corrected chi connectivity index (χ3v) is 9.81. The predicted octanol–water partition coefficient (Wildman–Crippen LogP) is 3.84. The lowest BCUT2D eigenvalue weighted by molar-refractivity contribution is 0.205. The maximum absolute atomic E-state index is 13.7. The first-order valence-corrected chi connectivity index (χ1v) is 15.7. The normalized spacial score (nSPS) is 16.4. The van der Waals surface area contributed by atoms with Crippen molar-refractivity contribution in [3.8, 4) is 11.4 Å². The molecule has 0 bridgehead atoms. The summed E-state index contributed by atoms with van der Waals surface area (Å²) in [4.78, 5) is 30.9. The highest BCUT2D eigenvalue weighted by Crippen LogP contribution is 2.31. The molecule has 3 aromatic rings. The summed E-state index contributed by atoms with van der Waals surface area (Å²) < 4.78 is 35.9. The zero-order chi connectivity index (χ0) is 30.0. The lowest BCUT2D eigenvalue weighted by Gasteiger charge is -2.36. The second kappa shape index (κ2) is 12.3. The molecule has 1 aliphatic carbocycles. The van der Waals surface area contributed by atoms with Crippen molar-refractivity contribution in [3.05, 3.63) is 70.1 Å². The third kappa shape index (κ3) is 6.11. The van der Waals surface area contributed by atoms with Crippen LogP contribution in [0.1, 0.15) is 25.7 Å². The summed E-state index contributed by atoms with van der Waals surface area (Å²) in [7, 11) is 1.18. The van der Waals surface area contributed by atoms with Crippen LogP contribution < -0.4 is 20.1 Å². The van der Waals surface area contributed by atoms with E-state index in [0.717, 1.165) is 25.7 Å². The number of urea groups is 1. The van der Waals surface area contributed by atoms with E-state index < -0.39 is 10.0 Å². The maximum Gasteiger partial charge on any atom is 0.323 e. The summed E-state index contributed by atoms with van der Waals surface area (Å²) >= 11 is 6.16. The van der Waals surface area contributed by atoms with E-state index in [2.05, 4.69) is 5.10 Å². The molecule has 0 radical (unpaired) electrons. The molecular formula is C29H35ClN6O5S. The van der Waals surface area contributed by atoms with E-state index in [1.165, 1.54) is 30.9 Å². The molecule has 5 rings (SSSR count). The topological polar surface area (TPSA) is 108 Å². The molecule has 13 heteroatoms. The molecule has 224 valence electrons. The minimum Gasteiger partial charge on any atom is -0.483 e. The zero-order valence-electron chi connectivity index (χ0n) is 23.9. The molecule has 2 aliphatic rings. The molecule has 0 unspecified atom stereocenters. The van der Waals surface area contributed by atoms with Gasteiger partial charge in [-0.1, -0.05) is 17.7 Å². The minimum atomic E-state index is -3.76. The van der Waals surface area contributed by atoms with Crippen molar-refractivity contribution in [2.24, 2.45) is 0 Å². The zero-order valence-corrected chi connectivity index (χ0v) is 25.5. The predicted molar refractivity (Wildman–Crippen MR) is 163 cm³/mol. The monoisotopic (exact) mass is 614 g/mol. The number of sulfonamides is 1. The molecule has 0 atom stereocenters. The SMILES string of the molecule is CN(C)C(=O)N(C)c1ccc(S(=O)(=O)N2CCN(c3cnn(-c4cccc(Cl)c4)c(=O)c3OC3CCCC3)CC2)cc1. The van der Waals surface area contributed by atoms with Crippen LogP contribution in [-0.2, 0) is 10.0 Å². The van der Waals surface area contributed by atoms with Crippen molar-refractivity contribution < 1.29 is 17.9 Å². The second-order valence-corrected chi connectivity index (χ2v) is 13.1. The molecule has 1 saturated heterocycles. The molecule has 1 saturated carbocycles. The highest BCUT2D eigenvalue weighted by molar-refractivity contribution is 7.89. The molecule has 2 amide bonds. The average Bonchev–Trinajstić information content (AvgIpc) is 3.51. The van der Waals surface area contributed by atoms with Gasteiger partial charge in [0, 0.05) is 58.0 Å². The minimum absolute atomic E-state index is 0.0524. The summed E-state index contributed by atoms with van der Waals surface area (Å²) in [6.07, 6.45) is 5.41. The molecule has 2 fully saturated rings. The van der Waals surface area contributed by atoms with Crippen LogP contribution in [0, 0.1) is 0 Å². The van der Waals surface area contributed by atoms with Gasteiger partial charge in [0.05, 0.1) is 22.9 Å². The van der Waals surface area contributed by atoms with E-state index in [9.17, 15) is 18.0 Å². The van der Waals surface area contributed by atoms with E-state index in [1.54, 1.807) is 63.7 Å². The number of aromatic nitrogens is 2. The van der Waals surface area contributed by atoms with Crippen molar-refractivity contribution in [3.63, 3.8) is 0 Å². The summed E-state index contributed by atoms with van der Waals surface area (Å²) in [5.41, 5.74) is 1.30. The van der Waals surface area contributed by atoms with Crippen LogP contribution >= 0.6 is 11.6 Å². The fourth-order valence-electron chi connectivity index (χ4n) is 5.30. The van der Waals surface area contributed by atoms with Gasteiger partial charge in [0.1, 0.15) is 5.69 Å². The number of amides is 2. The Kier molecular flexibility index (Phi) is 8.76. The van der Waals surface area contributed by atoms with E-state index in [4.69, 9.17) is 16.3 Å². The van der Waals surface area contributed by atoms with E-state index in [1.807, 2.05) is 4.90 Å². The third-order valence-electron chi connectivity index (χ3n) is 7.66. The van der Waals surface area contributed by atoms with Crippen LogP contribution in [0.25, 0.3) is 5.69 Å². The molecule has 1 aromatic heterocycles. The summed E-state index contributed by atoms with van der Waals surface area (Å²) in [5, 5.41) is 4.91. The molecule has 0 spiro atoms. The Morgan fingerprint density at radius 3 is 2.29 bits per heavy atom. The van der Waals surface area contributed by atoms with Crippen LogP contribution in [0.5, 0.6) is 5.75 Å². The number of hydrogen-bond donors (Lipinski definition) is 0. The maximum atomic E-state index is 13.7. The largest absolute Gasteiger partial charge is 0.483 e. The Balaban J connectivity index is 1.35. The van der Waals surface area contributed by atoms with Gasteiger partial charge in [0.15, 0.2) is 0 Å². The standard InChI is InChI=1S/C29H35ClN6O5S/c1-32(2)29(38)33(3)22-11-13-25(14-12-22)42(39,40)35-17-15-34(16-18-35)26-20-31-36(23-8-6-7-21(30)19-23)28(37)27(26)41-24-9-4-5-10-24/h6-8,11-14,19-20,24H,4-5,9-10,15-18H2,1-3H3. The van der Waals surface area contributed by atoms with Crippen LogP contribution in [-0.4, -0.2) is 86.9 Å². The first kappa shape index (κ1) is 29.9. The Morgan fingerprint density at radius 2 is 1.67 bits per heavy atom. The van der Waals surface area contributed by atoms with Gasteiger partial charge in [-0.15, -0.1) is 0 Å². The Morgan fingerprint density at radius 1 is 1.00 bits per heavy atom. The smallest absolute Gasteiger partial charge is 0.323 e. The van der Waals surface area contributed by atoms with Crippen LogP contribution in [0.3, 0.4) is 0 Å². The van der Waals surface area contributed by atoms with Crippen LogP contribution in [0.4, 0.5) is 16.2 Å². The van der Waals surface area contributed by atoms with Gasteiger partial charge in [0.2, 0.25) is 15.8 Å². The average molecular weight is 615 g/mol. The highest BCUT2D eigenvalue weighted by Gasteiger charge is 2.31. The van der Waals surface area contributed by atoms with Gasteiger partial charge in [-0.3, -0.25) is 9.69 Å². The number of carbonyl (C=O) groups excluding carboxylic acids is 1. The van der Waals surface area contributed by atoms with Gasteiger partial charge in [-0.2, -0.15) is 14.1 Å². The summed E-state index contributed by atoms with van der Waals surface area (Å²) in [5.74, 6) is 0.222. The lowest BCUT2D eigenvalue weighted by atomic mass is 10.2. The number of benzene rings is 2. The molecular weight excluding hydrogens is 580 g/mol. The van der Waals surface area contributed by atoms with E-state index in [-0.39, 0.29) is 41.4 Å². The van der Waals surface area contributed by atoms with Gasteiger partial charge in [-0.25, -0.2) is 13.2 Å². The molecule has 2 heterocycles. The number of nitrogens with zero attached hydrogens (tertiary/aromatic N) is 6. The highest BCUT2D eigenvalue weighted by atomic mass is 35.5. The number of anilines is 2. The number of hydrogen-bond acceptors (Lipinski definition) is 7. The van der Waals surface area contributed by atoms with Gasteiger partial charge in [-0.05, 0) is 68.1 Å². The first-order valence-electron chi connectivity index (χ1n) is 13.9. The molecule has 42 heavy (non-hydrogen) atoms. The Labute approximate surface area is 250 Å². The van der Waals surface area contributed by atoms with Crippen molar-refractivity contribution >= 4 is 39.0 Å². The molecule has 11 nitrogen and oxygen atoms in total. The van der Waals surface area contributed by atoms with E-state index >= 15 is 0 Å². The van der Waals surface area contributed by atoms with Crippen molar-refractivity contribution in [1.29, 1.82) is 0 Å². The summed E-state index contributed by atoms with van der Waals surface area (Å²) in [6, 6.07) is 13.0. The van der Waals surface area contributed by atoms with Crippen LogP contribution in [0.2, 0.25) is 5.02 Å². The van der Waals surface area contributed by atoms with E-state index in [0.29, 0.717) is 35.2 Å². The van der Waals surface area contributed by atoms with Crippen LogP contribution in [0.15, 0.2) is 64.4 Å². The number of rotatable bonds is 7. The lowest BCUT2D eigenvalue weighted by Crippen LogP contribution is -2.49. The molecule has 1 aliphatic heterocycles. The fourth-order valence-corrected chi connectivity index (χ4v) is 6.91. The van der Waals surface area contributed by atoms with Gasteiger partial charge >= 0.3 is 11.6 Å². The van der Waals surface area contributed by atoms with Crippen molar-refractivity contribution in [2.45, 2.75) is 36.7 Å².